The zero-order valence-electron chi connectivity index (χ0n) is 25.5. The van der Waals surface area contributed by atoms with Gasteiger partial charge in [0.25, 0.3) is 11.8 Å². The van der Waals surface area contributed by atoms with Crippen molar-refractivity contribution in [1.82, 2.24) is 4.98 Å². The lowest BCUT2D eigenvalue weighted by Crippen LogP contribution is -2.33. The van der Waals surface area contributed by atoms with Crippen molar-refractivity contribution in [2.24, 2.45) is 0 Å². The lowest BCUT2D eigenvalue weighted by atomic mass is 10.1. The summed E-state index contributed by atoms with van der Waals surface area (Å²) in [5.74, 6) is -0.299. The first-order valence-electron chi connectivity index (χ1n) is 15.1. The molecule has 1 aliphatic rings. The van der Waals surface area contributed by atoms with Gasteiger partial charge in [-0.05, 0) is 77.2 Å². The predicted octanol–water partition coefficient (Wildman–Crippen LogP) is 8.50. The van der Waals surface area contributed by atoms with Gasteiger partial charge in [-0.25, -0.2) is 9.37 Å². The molecule has 4 aromatic carbocycles. The van der Waals surface area contributed by atoms with Crippen LogP contribution in [0.5, 0.6) is 0 Å². The van der Waals surface area contributed by atoms with Crippen molar-refractivity contribution in [1.29, 1.82) is 0 Å². The van der Waals surface area contributed by atoms with Gasteiger partial charge in [0.05, 0.1) is 16.3 Å². The van der Waals surface area contributed by atoms with Gasteiger partial charge in [-0.2, -0.15) is 0 Å². The van der Waals surface area contributed by atoms with Gasteiger partial charge in [0.15, 0.2) is 0 Å². The predicted molar refractivity (Wildman–Crippen MR) is 185 cm³/mol. The summed E-state index contributed by atoms with van der Waals surface area (Å²) in [5, 5.41) is 5.13. The molecule has 3 heterocycles. The van der Waals surface area contributed by atoms with Crippen molar-refractivity contribution in [3.63, 3.8) is 0 Å². The maximum atomic E-state index is 14.4. The van der Waals surface area contributed by atoms with Crippen molar-refractivity contribution in [2.75, 3.05) is 28.7 Å². The molecule has 0 unspecified atom stereocenters. The lowest BCUT2D eigenvalue weighted by molar-refractivity contribution is 0.0981. The minimum Gasteiger partial charge on any atom is -0.355 e. The Bertz CT molecular complexity index is 2100. The zero-order valence-corrected chi connectivity index (χ0v) is 26.3. The summed E-state index contributed by atoms with van der Waals surface area (Å²) in [5.41, 5.74) is 4.97. The molecule has 0 aliphatic carbocycles. The minimum atomic E-state index is -0.469. The molecule has 0 bridgehead atoms. The van der Waals surface area contributed by atoms with Crippen molar-refractivity contribution in [2.45, 2.75) is 19.9 Å². The Kier molecular flexibility index (Phi) is 7.80. The highest BCUT2D eigenvalue weighted by atomic mass is 32.1. The summed E-state index contributed by atoms with van der Waals surface area (Å²) in [6, 6.07) is 34.6. The van der Waals surface area contributed by atoms with Gasteiger partial charge < -0.3 is 15.1 Å². The third-order valence-corrected chi connectivity index (χ3v) is 9.57. The molecule has 6 nitrogen and oxygen atoms in total. The molecule has 2 aromatic heterocycles. The van der Waals surface area contributed by atoms with Crippen molar-refractivity contribution in [3.05, 3.63) is 142 Å². The molecule has 6 aromatic rings. The van der Waals surface area contributed by atoms with Crippen LogP contribution >= 0.6 is 11.3 Å². The molecular weight excluding hydrogens is 596 g/mol. The molecule has 228 valence electrons. The monoisotopic (exact) mass is 626 g/mol. The number of nitrogens with zero attached hydrogens (tertiary/aromatic N) is 3. The quantitative estimate of drug-likeness (QED) is 0.201. The average molecular weight is 627 g/mol. The second-order valence-electron chi connectivity index (χ2n) is 11.5. The number of hydrogen-bond acceptors (Lipinski definition) is 5. The molecule has 0 spiro atoms. The van der Waals surface area contributed by atoms with Gasteiger partial charge in [-0.3, -0.25) is 9.59 Å². The Labute approximate surface area is 270 Å². The fraction of sp³-hybridized carbons (Fsp3) is 0.132. The Morgan fingerprint density at radius 2 is 1.70 bits per heavy atom. The Hall–Kier alpha value is -5.34. The van der Waals surface area contributed by atoms with Crippen LogP contribution in [-0.4, -0.2) is 30.4 Å². The number of aromatic nitrogens is 1. The van der Waals surface area contributed by atoms with Crippen LogP contribution in [0.1, 0.15) is 36.9 Å². The van der Waals surface area contributed by atoms with Crippen molar-refractivity contribution < 1.29 is 14.0 Å². The number of fused-ring (bicyclic) bond motifs is 4. The van der Waals surface area contributed by atoms with E-state index in [-0.39, 0.29) is 17.5 Å². The van der Waals surface area contributed by atoms with Crippen LogP contribution in [0.3, 0.4) is 0 Å². The van der Waals surface area contributed by atoms with Crippen molar-refractivity contribution >= 4 is 51.1 Å². The SMILES string of the molecule is Cc1cccc(F)c1NC(=O)c1cc2c(s1)-c1ccccc1N(C(=O)c1cccc(N(C)Cc3ccc4ccccc4c3)n1)CC2. The van der Waals surface area contributed by atoms with E-state index in [0.29, 0.717) is 41.5 Å². The van der Waals surface area contributed by atoms with Gasteiger partial charge in [-0.15, -0.1) is 11.3 Å². The molecule has 0 atom stereocenters. The summed E-state index contributed by atoms with van der Waals surface area (Å²) < 4.78 is 14.4. The van der Waals surface area contributed by atoms with Gasteiger partial charge >= 0.3 is 0 Å². The molecular formula is C38H31FN4O2S. The number of amides is 2. The number of hydrogen-bond donors (Lipinski definition) is 1. The van der Waals surface area contributed by atoms with Crippen LogP contribution in [0.4, 0.5) is 21.6 Å². The lowest BCUT2D eigenvalue weighted by Gasteiger charge is -2.24. The van der Waals surface area contributed by atoms with Crippen LogP contribution in [0.2, 0.25) is 0 Å². The number of carbonyl (C=O) groups excluding carboxylic acids is 2. The molecule has 0 radical (unpaired) electrons. The van der Waals surface area contributed by atoms with Crippen molar-refractivity contribution in [3.8, 4) is 10.4 Å². The maximum Gasteiger partial charge on any atom is 0.276 e. The molecule has 2 amide bonds. The first-order valence-corrected chi connectivity index (χ1v) is 15.9. The van der Waals surface area contributed by atoms with Crippen LogP contribution in [-0.2, 0) is 13.0 Å². The van der Waals surface area contributed by atoms with Crippen LogP contribution in [0.15, 0.2) is 109 Å². The van der Waals surface area contributed by atoms with Crippen LogP contribution in [0, 0.1) is 12.7 Å². The van der Waals surface area contributed by atoms with Gasteiger partial charge in [0.1, 0.15) is 17.3 Å². The Morgan fingerprint density at radius 1 is 0.913 bits per heavy atom. The number of benzene rings is 4. The van der Waals surface area contributed by atoms with E-state index < -0.39 is 5.82 Å². The standard InChI is InChI=1S/C38H31FN4O2S/c1-24-9-7-13-30(39)35(24)41-37(44)33-22-28-19-20-43(32-15-6-5-12-29(32)36(28)46-33)38(45)31-14-8-16-34(40-31)42(2)23-25-17-18-26-10-3-4-11-27(26)21-25/h3-18,21-22H,19-20,23H2,1-2H3,(H,41,44). The fourth-order valence-electron chi connectivity index (χ4n) is 5.97. The number of carbonyl (C=O) groups is 2. The summed E-state index contributed by atoms with van der Waals surface area (Å²) in [6.45, 7) is 2.83. The largest absolute Gasteiger partial charge is 0.355 e. The molecule has 0 saturated heterocycles. The molecule has 7 rings (SSSR count). The molecule has 46 heavy (non-hydrogen) atoms. The van der Waals surface area contributed by atoms with Gasteiger partial charge in [0, 0.05) is 30.6 Å². The third-order valence-electron chi connectivity index (χ3n) is 8.36. The number of halogens is 1. The number of rotatable bonds is 6. The number of anilines is 3. The van der Waals surface area contributed by atoms with E-state index in [2.05, 4.69) is 35.6 Å². The topological polar surface area (TPSA) is 65.5 Å². The highest BCUT2D eigenvalue weighted by Crippen LogP contribution is 2.42. The van der Waals surface area contributed by atoms with E-state index in [1.54, 1.807) is 30.0 Å². The smallest absolute Gasteiger partial charge is 0.276 e. The van der Waals surface area contributed by atoms with Crippen LogP contribution in [0.25, 0.3) is 21.2 Å². The van der Waals surface area contributed by atoms with Gasteiger partial charge in [0.2, 0.25) is 0 Å². The summed E-state index contributed by atoms with van der Waals surface area (Å²) in [7, 11) is 1.98. The number of thiophene rings is 1. The maximum absolute atomic E-state index is 14.4. The van der Waals surface area contributed by atoms with Gasteiger partial charge in [-0.1, -0.05) is 72.8 Å². The minimum absolute atomic E-state index is 0.184. The van der Waals surface area contributed by atoms with E-state index in [4.69, 9.17) is 4.98 Å². The van der Waals surface area contributed by atoms with E-state index in [0.717, 1.165) is 27.3 Å². The average Bonchev–Trinajstić information content (AvgIpc) is 3.44. The zero-order chi connectivity index (χ0) is 31.8. The Balaban J connectivity index is 1.13. The second-order valence-corrected chi connectivity index (χ2v) is 12.5. The third kappa shape index (κ3) is 5.63. The van der Waals surface area contributed by atoms with Crippen LogP contribution < -0.4 is 15.1 Å². The first-order chi connectivity index (χ1) is 22.4. The van der Waals surface area contributed by atoms with E-state index in [1.807, 2.05) is 66.5 Å². The number of aryl methyl sites for hydroxylation is 1. The number of pyridine rings is 1. The van der Waals surface area contributed by atoms with E-state index in [9.17, 15) is 14.0 Å². The molecule has 0 fully saturated rings. The summed E-state index contributed by atoms with van der Waals surface area (Å²) >= 11 is 1.35. The number of para-hydroxylation sites is 2. The molecule has 1 N–H and O–H groups in total. The first kappa shape index (κ1) is 29.4. The summed E-state index contributed by atoms with van der Waals surface area (Å²) in [6.07, 6.45) is 0.555. The fourth-order valence-corrected chi connectivity index (χ4v) is 7.11. The Morgan fingerprint density at radius 3 is 2.54 bits per heavy atom. The molecule has 8 heteroatoms. The summed E-state index contributed by atoms with van der Waals surface area (Å²) in [4.78, 5) is 37.3. The highest BCUT2D eigenvalue weighted by molar-refractivity contribution is 7.17. The normalized spacial score (nSPS) is 12.3. The second kappa shape index (κ2) is 12.2. The molecule has 0 saturated carbocycles. The van der Waals surface area contributed by atoms with E-state index in [1.165, 1.54) is 28.2 Å². The van der Waals surface area contributed by atoms with E-state index >= 15 is 0 Å². The molecule has 1 aliphatic heterocycles. The number of nitrogens with one attached hydrogen (secondary N) is 1. The highest BCUT2D eigenvalue weighted by Gasteiger charge is 2.28.